The third-order valence-corrected chi connectivity index (χ3v) is 6.69. The molecular formula is C19H22BrN3O4S. The van der Waals surface area contributed by atoms with E-state index in [1.165, 1.54) is 19.2 Å². The molecule has 1 N–H and O–H groups in total. The van der Waals surface area contributed by atoms with Gasteiger partial charge in [0.15, 0.2) is 0 Å². The number of halogens is 1. The minimum atomic E-state index is -3.75. The number of morpholine rings is 1. The van der Waals surface area contributed by atoms with Crippen molar-refractivity contribution in [3.05, 3.63) is 53.0 Å². The number of sulfonamides is 1. The maximum atomic E-state index is 12.6. The molecule has 0 unspecified atom stereocenters. The molecule has 0 atom stereocenters. The number of likely N-dealkylation sites (N-methyl/N-ethyl adjacent to an activating group) is 1. The smallest absolute Gasteiger partial charge is 0.243 e. The summed E-state index contributed by atoms with van der Waals surface area (Å²) >= 11 is 3.26. The van der Waals surface area contributed by atoms with E-state index < -0.39 is 15.9 Å². The molecular weight excluding hydrogens is 446 g/mol. The first kappa shape index (κ1) is 20.8. The third kappa shape index (κ3) is 5.11. The summed E-state index contributed by atoms with van der Waals surface area (Å²) in [6.07, 6.45) is 0. The number of benzene rings is 2. The fraction of sp³-hybridized carbons (Fsp3) is 0.316. The van der Waals surface area contributed by atoms with Crippen molar-refractivity contribution >= 4 is 43.2 Å². The van der Waals surface area contributed by atoms with Crippen LogP contribution < -0.4 is 10.2 Å². The lowest BCUT2D eigenvalue weighted by Crippen LogP contribution is -2.36. The quantitative estimate of drug-likeness (QED) is 0.705. The first-order valence-electron chi connectivity index (χ1n) is 8.81. The monoisotopic (exact) mass is 467 g/mol. The lowest BCUT2D eigenvalue weighted by Gasteiger charge is -2.28. The van der Waals surface area contributed by atoms with Crippen molar-refractivity contribution in [3.63, 3.8) is 0 Å². The number of nitrogens with one attached hydrogen (secondary N) is 1. The summed E-state index contributed by atoms with van der Waals surface area (Å²) in [7, 11) is -2.36. The van der Waals surface area contributed by atoms with Gasteiger partial charge in [0, 0.05) is 36.0 Å². The van der Waals surface area contributed by atoms with E-state index in [4.69, 9.17) is 4.74 Å². The highest BCUT2D eigenvalue weighted by atomic mass is 79.9. The molecule has 0 aliphatic carbocycles. The number of hydrogen-bond acceptors (Lipinski definition) is 5. The molecule has 1 aliphatic rings. The number of anilines is 2. The van der Waals surface area contributed by atoms with Gasteiger partial charge < -0.3 is 15.0 Å². The van der Waals surface area contributed by atoms with E-state index in [9.17, 15) is 13.2 Å². The number of ether oxygens (including phenoxy) is 1. The molecule has 0 bridgehead atoms. The zero-order chi connectivity index (χ0) is 20.1. The van der Waals surface area contributed by atoms with Gasteiger partial charge in [-0.15, -0.1) is 0 Å². The molecule has 0 radical (unpaired) electrons. The summed E-state index contributed by atoms with van der Waals surface area (Å²) < 4.78 is 32.2. The van der Waals surface area contributed by atoms with Crippen LogP contribution >= 0.6 is 15.9 Å². The summed E-state index contributed by atoms with van der Waals surface area (Å²) in [5, 5.41) is 2.74. The molecule has 3 rings (SSSR count). The largest absolute Gasteiger partial charge is 0.378 e. The first-order valence-corrected chi connectivity index (χ1v) is 11.0. The van der Waals surface area contributed by atoms with E-state index in [2.05, 4.69) is 26.1 Å². The minimum absolute atomic E-state index is 0.132. The number of amides is 1. The lowest BCUT2D eigenvalue weighted by atomic mass is 10.2. The summed E-state index contributed by atoms with van der Waals surface area (Å²) in [4.78, 5) is 14.6. The van der Waals surface area contributed by atoms with Crippen LogP contribution in [0.2, 0.25) is 0 Å². The van der Waals surface area contributed by atoms with Crippen molar-refractivity contribution in [2.75, 3.05) is 50.1 Å². The summed E-state index contributed by atoms with van der Waals surface area (Å²) in [5.74, 6) is -0.403. The van der Waals surface area contributed by atoms with Crippen LogP contribution in [0.3, 0.4) is 0 Å². The Kier molecular flexibility index (Phi) is 6.71. The zero-order valence-electron chi connectivity index (χ0n) is 15.5. The van der Waals surface area contributed by atoms with Crippen molar-refractivity contribution in [3.8, 4) is 0 Å². The van der Waals surface area contributed by atoms with E-state index in [1.54, 1.807) is 12.1 Å². The molecule has 28 heavy (non-hydrogen) atoms. The van der Waals surface area contributed by atoms with Gasteiger partial charge in [0.1, 0.15) is 0 Å². The lowest BCUT2D eigenvalue weighted by molar-refractivity contribution is -0.116. The second-order valence-corrected chi connectivity index (χ2v) is 9.37. The molecule has 1 heterocycles. The van der Waals surface area contributed by atoms with Gasteiger partial charge in [-0.2, -0.15) is 4.31 Å². The molecule has 0 saturated carbocycles. The van der Waals surface area contributed by atoms with Crippen molar-refractivity contribution in [1.29, 1.82) is 0 Å². The van der Waals surface area contributed by atoms with Crippen molar-refractivity contribution in [1.82, 2.24) is 4.31 Å². The average molecular weight is 468 g/mol. The number of nitrogens with zero attached hydrogens (tertiary/aromatic N) is 2. The van der Waals surface area contributed by atoms with Gasteiger partial charge in [-0.05, 0) is 42.5 Å². The van der Waals surface area contributed by atoms with E-state index in [0.29, 0.717) is 23.4 Å². The molecule has 0 spiro atoms. The minimum Gasteiger partial charge on any atom is -0.378 e. The molecule has 2 aromatic rings. The van der Waals surface area contributed by atoms with E-state index in [1.807, 2.05) is 24.3 Å². The Morgan fingerprint density at radius 1 is 1.18 bits per heavy atom. The van der Waals surface area contributed by atoms with Gasteiger partial charge in [-0.3, -0.25) is 4.79 Å². The molecule has 2 aromatic carbocycles. The second-order valence-electron chi connectivity index (χ2n) is 6.41. The Hall–Kier alpha value is -1.94. The Labute approximate surface area is 173 Å². The maximum absolute atomic E-state index is 12.6. The normalized spacial score (nSPS) is 14.9. The standard InChI is InChI=1S/C19H22BrN3O4S/c1-22(28(25,26)18-4-2-3-15(20)13-18)14-19(24)21-16-5-7-17(8-6-16)23-9-11-27-12-10-23/h2-8,13H,9-12,14H2,1H3,(H,21,24). The van der Waals surface area contributed by atoms with Gasteiger partial charge in [0.2, 0.25) is 15.9 Å². The molecule has 7 nitrogen and oxygen atoms in total. The SMILES string of the molecule is CN(CC(=O)Nc1ccc(N2CCOCC2)cc1)S(=O)(=O)c1cccc(Br)c1. The van der Waals surface area contributed by atoms with Gasteiger partial charge in [-0.1, -0.05) is 22.0 Å². The van der Waals surface area contributed by atoms with Crippen LogP contribution in [-0.2, 0) is 19.6 Å². The Balaban J connectivity index is 1.60. The summed E-state index contributed by atoms with van der Waals surface area (Å²) in [6.45, 7) is 2.81. The maximum Gasteiger partial charge on any atom is 0.243 e. The van der Waals surface area contributed by atoms with E-state index in [-0.39, 0.29) is 11.4 Å². The van der Waals surface area contributed by atoms with Gasteiger partial charge in [-0.25, -0.2) is 8.42 Å². The Morgan fingerprint density at radius 3 is 2.50 bits per heavy atom. The number of carbonyl (C=O) groups is 1. The van der Waals surface area contributed by atoms with Crippen LogP contribution in [0.1, 0.15) is 0 Å². The topological polar surface area (TPSA) is 79.0 Å². The molecule has 1 fully saturated rings. The predicted molar refractivity (Wildman–Crippen MR) is 112 cm³/mol. The first-order chi connectivity index (χ1) is 13.4. The highest BCUT2D eigenvalue weighted by Crippen LogP contribution is 2.20. The molecule has 1 aliphatic heterocycles. The second kappa shape index (κ2) is 9.04. The van der Waals surface area contributed by atoms with Crippen LogP contribution in [0.15, 0.2) is 57.9 Å². The summed E-state index contributed by atoms with van der Waals surface area (Å²) in [6, 6.07) is 13.9. The van der Waals surface area contributed by atoms with Crippen LogP contribution in [0.5, 0.6) is 0 Å². The molecule has 150 valence electrons. The fourth-order valence-corrected chi connectivity index (χ4v) is 4.60. The van der Waals surface area contributed by atoms with Crippen molar-refractivity contribution in [2.24, 2.45) is 0 Å². The van der Waals surface area contributed by atoms with Crippen LogP contribution in [-0.4, -0.2) is 58.5 Å². The van der Waals surface area contributed by atoms with Gasteiger partial charge in [0.25, 0.3) is 0 Å². The van der Waals surface area contributed by atoms with Crippen LogP contribution in [0, 0.1) is 0 Å². The Morgan fingerprint density at radius 2 is 1.86 bits per heavy atom. The van der Waals surface area contributed by atoms with Crippen LogP contribution in [0.25, 0.3) is 0 Å². The number of hydrogen-bond donors (Lipinski definition) is 1. The number of carbonyl (C=O) groups excluding carboxylic acids is 1. The van der Waals surface area contributed by atoms with Crippen molar-refractivity contribution in [2.45, 2.75) is 4.90 Å². The zero-order valence-corrected chi connectivity index (χ0v) is 17.9. The fourth-order valence-electron chi connectivity index (χ4n) is 2.87. The van der Waals surface area contributed by atoms with E-state index in [0.717, 1.165) is 23.1 Å². The molecule has 0 aromatic heterocycles. The highest BCUT2D eigenvalue weighted by Gasteiger charge is 2.23. The highest BCUT2D eigenvalue weighted by molar-refractivity contribution is 9.10. The van der Waals surface area contributed by atoms with Gasteiger partial charge >= 0.3 is 0 Å². The average Bonchev–Trinajstić information content (AvgIpc) is 2.69. The van der Waals surface area contributed by atoms with E-state index >= 15 is 0 Å². The van der Waals surface area contributed by atoms with Crippen molar-refractivity contribution < 1.29 is 17.9 Å². The Bertz CT molecular complexity index is 928. The molecule has 1 saturated heterocycles. The van der Waals surface area contributed by atoms with Gasteiger partial charge in [0.05, 0.1) is 24.7 Å². The molecule has 1 amide bonds. The third-order valence-electron chi connectivity index (χ3n) is 4.40. The molecule has 9 heteroatoms. The number of rotatable bonds is 6. The van der Waals surface area contributed by atoms with Crippen LogP contribution in [0.4, 0.5) is 11.4 Å². The predicted octanol–water partition coefficient (Wildman–Crippen LogP) is 2.54. The summed E-state index contributed by atoms with van der Waals surface area (Å²) in [5.41, 5.74) is 1.69.